The molecule has 0 atom stereocenters. The van der Waals surface area contributed by atoms with Crippen LogP contribution in [0.2, 0.25) is 0 Å². The first-order valence-electron chi connectivity index (χ1n) is 5.13. The number of hydrogen-bond acceptors (Lipinski definition) is 4. The Bertz CT molecular complexity index is 633. The molecule has 0 spiro atoms. The lowest BCUT2D eigenvalue weighted by atomic mass is 10.1. The lowest BCUT2D eigenvalue weighted by Crippen LogP contribution is -2.00. The van der Waals surface area contributed by atoms with E-state index in [0.29, 0.717) is 22.4 Å². The Labute approximate surface area is 97.3 Å². The number of aromatic nitrogens is 2. The van der Waals surface area contributed by atoms with E-state index in [2.05, 4.69) is 9.97 Å². The first-order valence-corrected chi connectivity index (χ1v) is 5.13. The third-order valence-corrected chi connectivity index (χ3v) is 2.71. The molecule has 0 bridgehead atoms. The molecule has 4 nitrogen and oxygen atoms in total. The molecule has 2 heterocycles. The van der Waals surface area contributed by atoms with Crippen LogP contribution in [-0.4, -0.2) is 20.9 Å². The van der Waals surface area contributed by atoms with E-state index in [0.717, 1.165) is 0 Å². The van der Waals surface area contributed by atoms with Gasteiger partial charge in [0.15, 0.2) is 0 Å². The minimum atomic E-state index is -0.246. The standard InChI is InChI=1S/C13H8N2O2/c16-12-9-2-1-5-15-11(9)13(17)10(12)8-3-6-14-7-4-8/h1-7,16H. The highest BCUT2D eigenvalue weighted by Crippen LogP contribution is 2.35. The molecule has 0 saturated carbocycles. The van der Waals surface area contributed by atoms with E-state index in [4.69, 9.17) is 0 Å². The Kier molecular flexibility index (Phi) is 2.01. The maximum Gasteiger partial charge on any atom is 0.216 e. The van der Waals surface area contributed by atoms with E-state index in [-0.39, 0.29) is 11.5 Å². The van der Waals surface area contributed by atoms with Gasteiger partial charge in [-0.15, -0.1) is 0 Å². The van der Waals surface area contributed by atoms with Crippen LogP contribution in [0.1, 0.15) is 21.6 Å². The van der Waals surface area contributed by atoms with E-state index in [9.17, 15) is 9.90 Å². The van der Waals surface area contributed by atoms with E-state index in [1.165, 1.54) is 0 Å². The van der Waals surface area contributed by atoms with Gasteiger partial charge in [0, 0.05) is 24.2 Å². The Morgan fingerprint density at radius 3 is 2.53 bits per heavy atom. The molecule has 2 aromatic heterocycles. The van der Waals surface area contributed by atoms with E-state index in [1.807, 2.05) is 0 Å². The van der Waals surface area contributed by atoms with Crippen molar-refractivity contribution >= 4 is 17.1 Å². The van der Waals surface area contributed by atoms with Gasteiger partial charge in [-0.1, -0.05) is 0 Å². The first kappa shape index (κ1) is 9.72. The Morgan fingerprint density at radius 2 is 1.82 bits per heavy atom. The molecule has 1 aliphatic carbocycles. The zero-order valence-corrected chi connectivity index (χ0v) is 8.79. The van der Waals surface area contributed by atoms with Crippen LogP contribution in [0.15, 0.2) is 42.9 Å². The Morgan fingerprint density at radius 1 is 1.06 bits per heavy atom. The largest absolute Gasteiger partial charge is 0.506 e. The number of hydrogen-bond donors (Lipinski definition) is 1. The molecule has 82 valence electrons. The number of fused-ring (bicyclic) bond motifs is 1. The number of nitrogens with zero attached hydrogens (tertiary/aromatic N) is 2. The summed E-state index contributed by atoms with van der Waals surface area (Å²) in [5.74, 6) is -0.256. The highest BCUT2D eigenvalue weighted by Gasteiger charge is 2.31. The monoisotopic (exact) mass is 224 g/mol. The van der Waals surface area contributed by atoms with Crippen LogP contribution in [0.5, 0.6) is 0 Å². The number of aliphatic hydroxyl groups is 1. The van der Waals surface area contributed by atoms with Crippen molar-refractivity contribution in [1.29, 1.82) is 0 Å². The number of rotatable bonds is 1. The lowest BCUT2D eigenvalue weighted by molar-refractivity contribution is 0.105. The zero-order chi connectivity index (χ0) is 11.8. The van der Waals surface area contributed by atoms with Crippen molar-refractivity contribution in [3.05, 3.63) is 59.7 Å². The number of Topliss-reactive ketones (excluding diaryl/α,β-unsaturated/α-hetero) is 1. The van der Waals surface area contributed by atoms with Gasteiger partial charge in [0.2, 0.25) is 5.78 Å². The summed E-state index contributed by atoms with van der Waals surface area (Å²) in [6.45, 7) is 0. The van der Waals surface area contributed by atoms with Crippen LogP contribution in [0, 0.1) is 0 Å². The zero-order valence-electron chi connectivity index (χ0n) is 8.79. The average Bonchev–Trinajstić information content (AvgIpc) is 2.64. The molecule has 0 amide bonds. The molecule has 0 fully saturated rings. The quantitative estimate of drug-likeness (QED) is 0.805. The van der Waals surface area contributed by atoms with Crippen molar-refractivity contribution in [3.63, 3.8) is 0 Å². The predicted octanol–water partition coefficient (Wildman–Crippen LogP) is 2.10. The Balaban J connectivity index is 2.22. The summed E-state index contributed by atoms with van der Waals surface area (Å²) >= 11 is 0. The molecule has 0 unspecified atom stereocenters. The van der Waals surface area contributed by atoms with Crippen molar-refractivity contribution in [3.8, 4) is 0 Å². The second-order valence-electron chi connectivity index (χ2n) is 3.69. The summed E-state index contributed by atoms with van der Waals surface area (Å²) in [6.07, 6.45) is 4.71. The molecule has 1 N–H and O–H groups in total. The summed E-state index contributed by atoms with van der Waals surface area (Å²) in [7, 11) is 0. The maximum absolute atomic E-state index is 12.1. The van der Waals surface area contributed by atoms with Gasteiger partial charge in [-0.2, -0.15) is 0 Å². The van der Waals surface area contributed by atoms with Crippen LogP contribution in [0.3, 0.4) is 0 Å². The van der Waals surface area contributed by atoms with Crippen molar-refractivity contribution < 1.29 is 9.90 Å². The van der Waals surface area contributed by atoms with Gasteiger partial charge in [-0.3, -0.25) is 14.8 Å². The fraction of sp³-hybridized carbons (Fsp3) is 0. The summed E-state index contributed by atoms with van der Waals surface area (Å²) in [5, 5.41) is 10.1. The summed E-state index contributed by atoms with van der Waals surface area (Å²) < 4.78 is 0. The summed E-state index contributed by atoms with van der Waals surface area (Å²) in [4.78, 5) is 20.0. The fourth-order valence-corrected chi connectivity index (χ4v) is 1.92. The molecule has 0 aliphatic heterocycles. The van der Waals surface area contributed by atoms with Gasteiger partial charge in [0.25, 0.3) is 0 Å². The highest BCUT2D eigenvalue weighted by atomic mass is 16.3. The second kappa shape index (κ2) is 3.52. The van der Waals surface area contributed by atoms with Crippen LogP contribution in [0.4, 0.5) is 0 Å². The molecule has 17 heavy (non-hydrogen) atoms. The minimum absolute atomic E-state index is 0.00991. The van der Waals surface area contributed by atoms with Crippen LogP contribution >= 0.6 is 0 Å². The molecule has 1 aliphatic rings. The predicted molar refractivity (Wildman–Crippen MR) is 62.2 cm³/mol. The van der Waals surface area contributed by atoms with E-state index >= 15 is 0 Å². The molecule has 0 radical (unpaired) electrons. The minimum Gasteiger partial charge on any atom is -0.506 e. The van der Waals surface area contributed by atoms with Gasteiger partial charge in [-0.25, -0.2) is 0 Å². The van der Waals surface area contributed by atoms with Crippen molar-refractivity contribution in [2.45, 2.75) is 0 Å². The summed E-state index contributed by atoms with van der Waals surface area (Å²) in [6, 6.07) is 6.76. The van der Waals surface area contributed by atoms with Gasteiger partial charge >= 0.3 is 0 Å². The topological polar surface area (TPSA) is 63.1 Å². The molecule has 0 aromatic carbocycles. The molecule has 3 rings (SSSR count). The van der Waals surface area contributed by atoms with Gasteiger partial charge in [0.05, 0.1) is 5.57 Å². The number of ketones is 1. The first-order chi connectivity index (χ1) is 8.29. The molecule has 0 saturated heterocycles. The van der Waals surface area contributed by atoms with Crippen molar-refractivity contribution in [1.82, 2.24) is 9.97 Å². The molecular formula is C13H8N2O2. The van der Waals surface area contributed by atoms with Crippen LogP contribution in [0.25, 0.3) is 11.3 Å². The molecular weight excluding hydrogens is 216 g/mol. The lowest BCUT2D eigenvalue weighted by Gasteiger charge is -2.00. The van der Waals surface area contributed by atoms with Crippen LogP contribution in [-0.2, 0) is 0 Å². The van der Waals surface area contributed by atoms with E-state index in [1.54, 1.807) is 42.9 Å². The van der Waals surface area contributed by atoms with Gasteiger partial charge < -0.3 is 5.11 Å². The third kappa shape index (κ3) is 1.34. The number of carbonyl (C=O) groups excluding carboxylic acids is 1. The normalized spacial score (nSPS) is 14.0. The van der Waals surface area contributed by atoms with Gasteiger partial charge in [-0.05, 0) is 29.8 Å². The maximum atomic E-state index is 12.1. The summed E-state index contributed by atoms with van der Waals surface area (Å²) in [5.41, 5.74) is 1.74. The SMILES string of the molecule is O=C1C(c2ccncc2)=C(O)c2cccnc21. The number of carbonyl (C=O) groups is 1. The van der Waals surface area contributed by atoms with Crippen LogP contribution < -0.4 is 0 Å². The number of allylic oxidation sites excluding steroid dienone is 1. The number of pyridine rings is 2. The second-order valence-corrected chi connectivity index (χ2v) is 3.69. The van der Waals surface area contributed by atoms with Gasteiger partial charge in [0.1, 0.15) is 11.5 Å². The Hall–Kier alpha value is -2.49. The average molecular weight is 224 g/mol. The number of aliphatic hydroxyl groups excluding tert-OH is 1. The fourth-order valence-electron chi connectivity index (χ4n) is 1.92. The van der Waals surface area contributed by atoms with Crippen molar-refractivity contribution in [2.24, 2.45) is 0 Å². The van der Waals surface area contributed by atoms with Crippen molar-refractivity contribution in [2.75, 3.05) is 0 Å². The smallest absolute Gasteiger partial charge is 0.216 e. The highest BCUT2D eigenvalue weighted by molar-refractivity contribution is 6.38. The van der Waals surface area contributed by atoms with E-state index < -0.39 is 0 Å². The molecule has 2 aromatic rings. The molecule has 4 heteroatoms. The third-order valence-electron chi connectivity index (χ3n) is 2.71.